The van der Waals surface area contributed by atoms with E-state index in [-0.39, 0.29) is 5.28 Å². The van der Waals surface area contributed by atoms with Gasteiger partial charge in [-0.3, -0.25) is 4.68 Å². The molecule has 1 N–H and O–H groups in total. The molecule has 2 aromatic heterocycles. The Hall–Kier alpha value is -1.21. The molecule has 0 aliphatic carbocycles. The van der Waals surface area contributed by atoms with Crippen LogP contribution in [0.5, 0.6) is 0 Å². The van der Waals surface area contributed by atoms with Crippen molar-refractivity contribution in [3.63, 3.8) is 0 Å². The van der Waals surface area contributed by atoms with Gasteiger partial charge in [-0.05, 0) is 27.5 Å². The number of hydrogen-bond donors (Lipinski definition) is 1. The van der Waals surface area contributed by atoms with Gasteiger partial charge in [0.1, 0.15) is 12.1 Å². The number of aryl methyl sites for hydroxylation is 1. The van der Waals surface area contributed by atoms with Crippen molar-refractivity contribution in [2.45, 2.75) is 6.42 Å². The highest BCUT2D eigenvalue weighted by Gasteiger charge is 2.04. The van der Waals surface area contributed by atoms with Crippen molar-refractivity contribution in [3.05, 3.63) is 28.1 Å². The van der Waals surface area contributed by atoms with Gasteiger partial charge in [0.05, 0.1) is 4.47 Å². The zero-order chi connectivity index (χ0) is 12.3. The Morgan fingerprint density at radius 3 is 3.00 bits per heavy atom. The molecule has 0 amide bonds. The summed E-state index contributed by atoms with van der Waals surface area (Å²) in [5.74, 6) is 1.46. The van der Waals surface area contributed by atoms with Gasteiger partial charge in [-0.1, -0.05) is 0 Å². The summed E-state index contributed by atoms with van der Waals surface area (Å²) in [5, 5.41) is 7.53. The van der Waals surface area contributed by atoms with Gasteiger partial charge in [0.2, 0.25) is 5.28 Å². The van der Waals surface area contributed by atoms with Crippen LogP contribution in [0.1, 0.15) is 5.82 Å². The average molecular weight is 318 g/mol. The molecule has 0 bridgehead atoms. The van der Waals surface area contributed by atoms with Gasteiger partial charge in [-0.15, -0.1) is 0 Å². The maximum atomic E-state index is 5.71. The number of nitrogens with one attached hydrogen (secondary N) is 1. The van der Waals surface area contributed by atoms with Crippen LogP contribution in [0.15, 0.2) is 17.0 Å². The molecule has 2 rings (SSSR count). The largest absolute Gasteiger partial charge is 0.369 e. The fourth-order valence-electron chi connectivity index (χ4n) is 1.26. The second-order valence-corrected chi connectivity index (χ2v) is 4.54. The van der Waals surface area contributed by atoms with E-state index < -0.39 is 0 Å². The summed E-state index contributed by atoms with van der Waals surface area (Å²) >= 11 is 9.04. The van der Waals surface area contributed by atoms with Crippen molar-refractivity contribution in [2.75, 3.05) is 11.9 Å². The summed E-state index contributed by atoms with van der Waals surface area (Å²) in [6, 6.07) is 0. The summed E-state index contributed by atoms with van der Waals surface area (Å²) in [5.41, 5.74) is 0. The van der Waals surface area contributed by atoms with Gasteiger partial charge in [0.15, 0.2) is 5.82 Å². The van der Waals surface area contributed by atoms with Crippen LogP contribution in [0.4, 0.5) is 5.82 Å². The number of halogens is 2. The Morgan fingerprint density at radius 2 is 2.29 bits per heavy atom. The van der Waals surface area contributed by atoms with Crippen molar-refractivity contribution in [1.82, 2.24) is 24.7 Å². The molecule has 0 radical (unpaired) electrons. The van der Waals surface area contributed by atoms with Gasteiger partial charge in [0, 0.05) is 26.2 Å². The maximum Gasteiger partial charge on any atom is 0.224 e. The van der Waals surface area contributed by atoms with E-state index in [9.17, 15) is 0 Å². The normalized spacial score (nSPS) is 10.5. The lowest BCUT2D eigenvalue weighted by molar-refractivity contribution is 0.741. The molecule has 0 fully saturated rings. The number of nitrogens with zero attached hydrogens (tertiary/aromatic N) is 5. The van der Waals surface area contributed by atoms with Gasteiger partial charge in [-0.25, -0.2) is 9.97 Å². The topological polar surface area (TPSA) is 68.5 Å². The molecule has 0 spiro atoms. The number of anilines is 1. The molecule has 2 aromatic rings. The predicted molar refractivity (Wildman–Crippen MR) is 67.9 cm³/mol. The van der Waals surface area contributed by atoms with Crippen LogP contribution in [0.2, 0.25) is 5.28 Å². The van der Waals surface area contributed by atoms with Gasteiger partial charge in [-0.2, -0.15) is 10.1 Å². The van der Waals surface area contributed by atoms with E-state index in [4.69, 9.17) is 11.6 Å². The standard InChI is InChI=1S/C9H10BrClN6/c1-17-5-14-7(16-17)2-3-12-8-6(10)4-13-9(11)15-8/h4-5H,2-3H2,1H3,(H,12,13,15). The third-order valence-corrected chi connectivity index (χ3v) is 2.77. The van der Waals surface area contributed by atoms with Crippen molar-refractivity contribution >= 4 is 33.3 Å². The third-order valence-electron chi connectivity index (χ3n) is 2.00. The van der Waals surface area contributed by atoms with E-state index in [1.54, 1.807) is 17.2 Å². The molecule has 0 atom stereocenters. The second-order valence-electron chi connectivity index (χ2n) is 3.35. The predicted octanol–water partition coefficient (Wildman–Crippen LogP) is 1.68. The van der Waals surface area contributed by atoms with Crippen LogP contribution in [0, 0.1) is 0 Å². The summed E-state index contributed by atoms with van der Waals surface area (Å²) in [6.45, 7) is 0.677. The SMILES string of the molecule is Cn1cnc(CCNc2nc(Cl)ncc2Br)n1. The molecule has 6 nitrogen and oxygen atoms in total. The van der Waals surface area contributed by atoms with Crippen molar-refractivity contribution in [2.24, 2.45) is 7.05 Å². The minimum Gasteiger partial charge on any atom is -0.369 e. The summed E-state index contributed by atoms with van der Waals surface area (Å²) in [6.07, 6.45) is 4.00. The van der Waals surface area contributed by atoms with Crippen LogP contribution in [-0.2, 0) is 13.5 Å². The molecule has 8 heteroatoms. The highest BCUT2D eigenvalue weighted by atomic mass is 79.9. The van der Waals surface area contributed by atoms with Crippen LogP contribution >= 0.6 is 27.5 Å². The molecule has 0 aliphatic rings. The Balaban J connectivity index is 1.91. The van der Waals surface area contributed by atoms with Crippen LogP contribution in [0.3, 0.4) is 0 Å². The zero-order valence-corrected chi connectivity index (χ0v) is 11.4. The number of aromatic nitrogens is 5. The number of rotatable bonds is 4. The first kappa shape index (κ1) is 12.3. The van der Waals surface area contributed by atoms with Crippen molar-refractivity contribution in [1.29, 1.82) is 0 Å². The minimum absolute atomic E-state index is 0.215. The molecule has 90 valence electrons. The summed E-state index contributed by atoms with van der Waals surface area (Å²) in [7, 11) is 1.84. The molecular weight excluding hydrogens is 307 g/mol. The highest BCUT2D eigenvalue weighted by molar-refractivity contribution is 9.10. The van der Waals surface area contributed by atoms with Crippen LogP contribution in [-0.4, -0.2) is 31.3 Å². The molecule has 0 aromatic carbocycles. The van der Waals surface area contributed by atoms with E-state index in [2.05, 4.69) is 41.3 Å². The first-order chi connectivity index (χ1) is 8.15. The van der Waals surface area contributed by atoms with E-state index in [1.807, 2.05) is 7.05 Å². The van der Waals surface area contributed by atoms with E-state index in [0.717, 1.165) is 16.7 Å². The zero-order valence-electron chi connectivity index (χ0n) is 9.06. The van der Waals surface area contributed by atoms with E-state index in [1.165, 1.54) is 0 Å². The molecule has 17 heavy (non-hydrogen) atoms. The molecule has 0 unspecified atom stereocenters. The van der Waals surface area contributed by atoms with Crippen molar-refractivity contribution < 1.29 is 0 Å². The highest BCUT2D eigenvalue weighted by Crippen LogP contribution is 2.19. The van der Waals surface area contributed by atoms with Gasteiger partial charge in [0.25, 0.3) is 0 Å². The van der Waals surface area contributed by atoms with Crippen LogP contribution < -0.4 is 5.32 Å². The molecular formula is C9H10BrClN6. The smallest absolute Gasteiger partial charge is 0.224 e. The van der Waals surface area contributed by atoms with Crippen molar-refractivity contribution in [3.8, 4) is 0 Å². The monoisotopic (exact) mass is 316 g/mol. The first-order valence-electron chi connectivity index (χ1n) is 4.91. The Morgan fingerprint density at radius 1 is 1.47 bits per heavy atom. The quantitative estimate of drug-likeness (QED) is 0.869. The molecule has 2 heterocycles. The Bertz CT molecular complexity index is 514. The fourth-order valence-corrected chi connectivity index (χ4v) is 1.73. The van der Waals surface area contributed by atoms with Crippen LogP contribution in [0.25, 0.3) is 0 Å². The summed E-state index contributed by atoms with van der Waals surface area (Å²) < 4.78 is 2.45. The minimum atomic E-state index is 0.215. The summed E-state index contributed by atoms with van der Waals surface area (Å²) in [4.78, 5) is 12.0. The third kappa shape index (κ3) is 3.37. The van der Waals surface area contributed by atoms with E-state index >= 15 is 0 Å². The lowest BCUT2D eigenvalue weighted by Gasteiger charge is -2.05. The Kier molecular flexibility index (Phi) is 3.90. The Labute approximate surface area is 112 Å². The first-order valence-corrected chi connectivity index (χ1v) is 6.08. The lowest BCUT2D eigenvalue weighted by atomic mass is 10.4. The fraction of sp³-hybridized carbons (Fsp3) is 0.333. The molecule has 0 aliphatic heterocycles. The number of hydrogen-bond acceptors (Lipinski definition) is 5. The lowest BCUT2D eigenvalue weighted by Crippen LogP contribution is -2.08. The second kappa shape index (κ2) is 5.42. The average Bonchev–Trinajstić information content (AvgIpc) is 2.69. The van der Waals surface area contributed by atoms with Gasteiger partial charge < -0.3 is 5.32 Å². The van der Waals surface area contributed by atoms with E-state index in [0.29, 0.717) is 12.4 Å². The maximum absolute atomic E-state index is 5.71. The molecule has 0 saturated heterocycles. The molecule has 0 saturated carbocycles. The van der Waals surface area contributed by atoms with Gasteiger partial charge >= 0.3 is 0 Å².